The number of amidine groups is 1. The predicted molar refractivity (Wildman–Crippen MR) is 86.1 cm³/mol. The van der Waals surface area contributed by atoms with Crippen LogP contribution in [-0.2, 0) is 16.6 Å². The Balaban J connectivity index is 1.93. The molecule has 0 spiro atoms. The number of rotatable bonds is 3. The lowest BCUT2D eigenvalue weighted by Crippen LogP contribution is -2.22. The van der Waals surface area contributed by atoms with E-state index >= 15 is 0 Å². The van der Waals surface area contributed by atoms with Crippen LogP contribution in [0, 0.1) is 0 Å². The minimum Gasteiger partial charge on any atom is -0.480 e. The zero-order valence-electron chi connectivity index (χ0n) is 11.2. The summed E-state index contributed by atoms with van der Waals surface area (Å²) in [4.78, 5) is 0.00876. The molecule has 1 aliphatic heterocycles. The minimum atomic E-state index is -3.90. The third kappa shape index (κ3) is 2.72. The largest absolute Gasteiger partial charge is 0.480 e. The highest BCUT2D eigenvalue weighted by atomic mass is 35.5. The van der Waals surface area contributed by atoms with E-state index in [0.29, 0.717) is 17.3 Å². The Morgan fingerprint density at radius 2 is 1.95 bits per heavy atom. The number of hydrogen-bond acceptors (Lipinski definition) is 4. The number of aliphatic hydroxyl groups excluding tert-OH is 1. The number of para-hydroxylation sites is 1. The van der Waals surface area contributed by atoms with Crippen LogP contribution in [0.4, 0.5) is 11.4 Å². The fourth-order valence-electron chi connectivity index (χ4n) is 2.15. The molecule has 1 aliphatic rings. The van der Waals surface area contributed by atoms with E-state index in [1.165, 1.54) is 6.07 Å². The molecule has 0 radical (unpaired) electrons. The van der Waals surface area contributed by atoms with Gasteiger partial charge in [-0.1, -0.05) is 35.9 Å². The molecule has 3 rings (SSSR count). The van der Waals surface area contributed by atoms with Crippen molar-refractivity contribution < 1.29 is 13.5 Å². The zero-order chi connectivity index (χ0) is 15.7. The van der Waals surface area contributed by atoms with E-state index in [-0.39, 0.29) is 10.6 Å². The highest BCUT2D eigenvalue weighted by Crippen LogP contribution is 2.34. The van der Waals surface area contributed by atoms with Gasteiger partial charge in [0, 0.05) is 11.6 Å². The van der Waals surface area contributed by atoms with Gasteiger partial charge < -0.3 is 15.7 Å². The van der Waals surface area contributed by atoms with E-state index < -0.39 is 16.0 Å². The second kappa shape index (κ2) is 5.51. The third-order valence-electron chi connectivity index (χ3n) is 3.17. The van der Waals surface area contributed by atoms with Crippen molar-refractivity contribution in [1.82, 2.24) is 0 Å². The summed E-state index contributed by atoms with van der Waals surface area (Å²) < 4.78 is 27.1. The molecule has 2 aromatic rings. The summed E-state index contributed by atoms with van der Waals surface area (Å²) in [5, 5.41) is 15.7. The summed E-state index contributed by atoms with van der Waals surface area (Å²) in [5.74, 6) is 0. The number of benzene rings is 2. The fraction of sp³-hybridized carbons (Fsp3) is 0.0714. The van der Waals surface area contributed by atoms with Crippen LogP contribution in [0.1, 0.15) is 5.56 Å². The topological polar surface area (TPSA) is 90.8 Å². The molecule has 0 unspecified atom stereocenters. The molecule has 1 heterocycles. The molecule has 0 fully saturated rings. The van der Waals surface area contributed by atoms with Gasteiger partial charge in [-0.15, -0.1) is 4.40 Å². The van der Waals surface area contributed by atoms with Crippen LogP contribution < -0.4 is 10.6 Å². The second-order valence-corrected chi connectivity index (χ2v) is 6.62. The summed E-state index contributed by atoms with van der Waals surface area (Å²) in [6, 6.07) is 11.4. The van der Waals surface area contributed by atoms with Gasteiger partial charge in [0.15, 0.2) is 0 Å². The maximum Gasteiger partial charge on any atom is 0.302 e. The average Bonchev–Trinajstić information content (AvgIpc) is 2.46. The number of hydrogen-bond donors (Lipinski definition) is 3. The molecule has 8 heteroatoms. The summed E-state index contributed by atoms with van der Waals surface area (Å²) in [6.45, 7) is 0.412. The molecule has 22 heavy (non-hydrogen) atoms. The first-order chi connectivity index (χ1) is 10.5. The van der Waals surface area contributed by atoms with Crippen LogP contribution >= 0.6 is 11.6 Å². The van der Waals surface area contributed by atoms with Crippen molar-refractivity contribution in [2.24, 2.45) is 4.40 Å². The van der Waals surface area contributed by atoms with E-state index in [1.54, 1.807) is 18.2 Å². The van der Waals surface area contributed by atoms with Crippen molar-refractivity contribution in [3.05, 3.63) is 53.1 Å². The number of sulfonamides is 1. The molecule has 0 aliphatic carbocycles. The van der Waals surface area contributed by atoms with Crippen molar-refractivity contribution >= 4 is 39.0 Å². The fourth-order valence-corrected chi connectivity index (χ4v) is 3.40. The Morgan fingerprint density at radius 1 is 1.18 bits per heavy atom. The van der Waals surface area contributed by atoms with Crippen LogP contribution in [0.15, 0.2) is 51.8 Å². The molecule has 0 saturated carbocycles. The van der Waals surface area contributed by atoms with Gasteiger partial charge in [-0.2, -0.15) is 8.42 Å². The van der Waals surface area contributed by atoms with Crippen molar-refractivity contribution in [2.75, 3.05) is 10.6 Å². The lowest BCUT2D eigenvalue weighted by Gasteiger charge is -2.19. The number of aliphatic hydroxyl groups is 1. The van der Waals surface area contributed by atoms with Gasteiger partial charge in [-0.25, -0.2) is 0 Å². The highest BCUT2D eigenvalue weighted by molar-refractivity contribution is 7.90. The molecule has 0 atom stereocenters. The minimum absolute atomic E-state index is 0.00876. The van der Waals surface area contributed by atoms with Gasteiger partial charge in [0.1, 0.15) is 4.90 Å². The molecule has 6 nitrogen and oxygen atoms in total. The van der Waals surface area contributed by atoms with E-state index in [9.17, 15) is 13.5 Å². The number of nitrogens with one attached hydrogen (secondary N) is 2. The molecular formula is C14H12ClN3O3S. The van der Waals surface area contributed by atoms with E-state index in [0.717, 1.165) is 5.56 Å². The normalized spacial score (nSPS) is 15.4. The van der Waals surface area contributed by atoms with E-state index in [1.807, 2.05) is 18.2 Å². The van der Waals surface area contributed by atoms with Crippen LogP contribution in [0.3, 0.4) is 0 Å². The summed E-state index contributed by atoms with van der Waals surface area (Å²) >= 11 is 6.09. The SMILES string of the molecule is O=S1(=O)N=C(O)Nc2c(NCc3ccccc3Cl)cccc21. The number of fused-ring (bicyclic) bond motifs is 1. The van der Waals surface area contributed by atoms with Crippen molar-refractivity contribution in [3.8, 4) is 0 Å². The molecule has 0 amide bonds. The van der Waals surface area contributed by atoms with Crippen LogP contribution in [-0.4, -0.2) is 19.5 Å². The van der Waals surface area contributed by atoms with Gasteiger partial charge in [-0.3, -0.25) is 0 Å². The molecule has 3 N–H and O–H groups in total. The average molecular weight is 338 g/mol. The molecule has 0 bridgehead atoms. The van der Waals surface area contributed by atoms with E-state index in [4.69, 9.17) is 11.6 Å². The lowest BCUT2D eigenvalue weighted by atomic mass is 10.2. The van der Waals surface area contributed by atoms with Gasteiger partial charge in [-0.05, 0) is 23.8 Å². The van der Waals surface area contributed by atoms with Gasteiger partial charge in [0.05, 0.1) is 11.4 Å². The summed E-state index contributed by atoms with van der Waals surface area (Å²) in [6.07, 6.45) is 0. The Bertz CT molecular complexity index is 865. The Kier molecular flexibility index (Phi) is 3.67. The first-order valence-corrected chi connectivity index (χ1v) is 8.20. The van der Waals surface area contributed by atoms with E-state index in [2.05, 4.69) is 15.0 Å². The Hall–Kier alpha value is -2.25. The maximum atomic E-state index is 11.9. The predicted octanol–water partition coefficient (Wildman–Crippen LogP) is 2.98. The first kappa shape index (κ1) is 14.7. The number of nitrogens with zero attached hydrogens (tertiary/aromatic N) is 1. The summed E-state index contributed by atoms with van der Waals surface area (Å²) in [7, 11) is -3.90. The molecular weight excluding hydrogens is 326 g/mol. The van der Waals surface area contributed by atoms with Crippen LogP contribution in [0.2, 0.25) is 5.02 Å². The van der Waals surface area contributed by atoms with Gasteiger partial charge >= 0.3 is 6.02 Å². The standard InChI is InChI=1S/C14H12ClN3O3S/c15-10-5-2-1-4-9(10)8-16-11-6-3-7-12-13(11)17-14(19)18-22(12,20)21/h1-7,16H,8H2,(H2,17,18,19). The smallest absolute Gasteiger partial charge is 0.302 e. The molecule has 114 valence electrons. The summed E-state index contributed by atoms with van der Waals surface area (Å²) in [5.41, 5.74) is 1.67. The Labute approximate surface area is 132 Å². The maximum absolute atomic E-state index is 11.9. The van der Waals surface area contributed by atoms with Crippen molar-refractivity contribution in [2.45, 2.75) is 11.4 Å². The van der Waals surface area contributed by atoms with Crippen molar-refractivity contribution in [3.63, 3.8) is 0 Å². The molecule has 0 aromatic heterocycles. The first-order valence-electron chi connectivity index (χ1n) is 6.38. The van der Waals surface area contributed by atoms with Crippen LogP contribution in [0.5, 0.6) is 0 Å². The van der Waals surface area contributed by atoms with Gasteiger partial charge in [0.25, 0.3) is 10.0 Å². The number of halogens is 1. The van der Waals surface area contributed by atoms with Gasteiger partial charge in [0.2, 0.25) is 0 Å². The quantitative estimate of drug-likeness (QED) is 0.801. The molecule has 2 aromatic carbocycles. The monoisotopic (exact) mass is 337 g/mol. The zero-order valence-corrected chi connectivity index (χ0v) is 12.8. The molecule has 0 saturated heterocycles. The highest BCUT2D eigenvalue weighted by Gasteiger charge is 2.26. The second-order valence-electron chi connectivity index (χ2n) is 4.64. The lowest BCUT2D eigenvalue weighted by molar-refractivity contribution is 0.546. The Morgan fingerprint density at radius 3 is 2.73 bits per heavy atom. The van der Waals surface area contributed by atoms with Crippen molar-refractivity contribution in [1.29, 1.82) is 0 Å². The third-order valence-corrected chi connectivity index (χ3v) is 4.85. The number of anilines is 2. The van der Waals surface area contributed by atoms with Crippen LogP contribution in [0.25, 0.3) is 0 Å².